The van der Waals surface area contributed by atoms with Crippen LogP contribution in [0.1, 0.15) is 6.42 Å². The van der Waals surface area contributed by atoms with Crippen LogP contribution in [0.3, 0.4) is 0 Å². The molecular weight excluding hydrogens is 243 g/mol. The lowest BCUT2D eigenvalue weighted by Gasteiger charge is -2.23. The zero-order chi connectivity index (χ0) is 10.5. The van der Waals surface area contributed by atoms with Gasteiger partial charge in [-0.15, -0.1) is 0 Å². The summed E-state index contributed by atoms with van der Waals surface area (Å²) in [7, 11) is -6.71. The lowest BCUT2D eigenvalue weighted by molar-refractivity contribution is -0.0438. The average Bonchev–Trinajstić information content (AvgIpc) is 1.81. The second kappa shape index (κ2) is 6.11. The van der Waals surface area contributed by atoms with Gasteiger partial charge in [-0.3, -0.25) is 18.2 Å². The van der Waals surface area contributed by atoms with E-state index in [2.05, 4.69) is 9.05 Å². The molecule has 0 saturated heterocycles. The minimum atomic E-state index is -3.35. The molecule has 10 heteroatoms. The zero-order valence-electron chi connectivity index (χ0n) is 6.40. The van der Waals surface area contributed by atoms with Crippen LogP contribution in [0.5, 0.6) is 0 Å². The molecule has 0 aromatic rings. The fourth-order valence-electron chi connectivity index (χ4n) is 0.556. The molecule has 0 amide bonds. The van der Waals surface area contributed by atoms with E-state index in [1.165, 1.54) is 0 Å². The maximum atomic E-state index is 10.3. The van der Waals surface area contributed by atoms with Gasteiger partial charge in [-0.05, 0) is 6.54 Å². The van der Waals surface area contributed by atoms with E-state index in [0.717, 1.165) is 0 Å². The van der Waals surface area contributed by atoms with Crippen LogP contribution in [0, 0.1) is 0 Å². The molecule has 0 aliphatic carbocycles. The van der Waals surface area contributed by atoms with E-state index < -0.39 is 21.8 Å². The van der Waals surface area contributed by atoms with Crippen molar-refractivity contribution in [3.63, 3.8) is 0 Å². The van der Waals surface area contributed by atoms with Gasteiger partial charge >= 0.3 is 16.5 Å². The van der Waals surface area contributed by atoms with Crippen LogP contribution >= 0.6 is 28.1 Å². The Morgan fingerprint density at radius 2 is 1.69 bits per heavy atom. The fraction of sp³-hybridized carbons (Fsp3) is 1.00. The van der Waals surface area contributed by atoms with Crippen LogP contribution in [0.4, 0.5) is 0 Å². The predicted octanol–water partition coefficient (Wildman–Crippen LogP) is 0.0250. The van der Waals surface area contributed by atoms with Gasteiger partial charge in [-0.25, -0.2) is 0 Å². The van der Waals surface area contributed by atoms with Gasteiger partial charge in [-0.2, -0.15) is 0 Å². The first kappa shape index (κ1) is 13.5. The van der Waals surface area contributed by atoms with Gasteiger partial charge in [0.1, 0.15) is 0 Å². The first-order valence-electron chi connectivity index (χ1n) is 3.12. The molecular formula is C3H10ClNO6P2. The molecule has 0 heterocycles. The summed E-state index contributed by atoms with van der Waals surface area (Å²) in [5, 5.41) is -2.09. The summed E-state index contributed by atoms with van der Waals surface area (Å²) >= 11 is 5.44. The molecule has 13 heavy (non-hydrogen) atoms. The van der Waals surface area contributed by atoms with Gasteiger partial charge in [-0.1, -0.05) is 11.6 Å². The average molecular weight is 254 g/mol. The van der Waals surface area contributed by atoms with Crippen molar-refractivity contribution in [3.05, 3.63) is 0 Å². The van der Waals surface area contributed by atoms with Gasteiger partial charge in [0.15, 0.2) is 0 Å². The van der Waals surface area contributed by atoms with Gasteiger partial charge in [0.25, 0.3) is 5.25 Å². The standard InChI is InChI=1S/C3H10ClNO6P2/c4-3(1-2-5,10-12(6)7)11-13(8)9/h12-13H,1-2,5H2,(H,6,7)(H,8,9). The summed E-state index contributed by atoms with van der Waals surface area (Å²) in [4.78, 5) is 16.7. The summed E-state index contributed by atoms with van der Waals surface area (Å²) in [6.45, 7) is -0.0200. The third kappa shape index (κ3) is 6.60. The highest BCUT2D eigenvalue weighted by molar-refractivity contribution is 7.33. The number of alkyl halides is 1. The van der Waals surface area contributed by atoms with Crippen molar-refractivity contribution in [2.75, 3.05) is 6.54 Å². The minimum absolute atomic E-state index is 0.0200. The Hall–Kier alpha value is 0.550. The second-order valence-electron chi connectivity index (χ2n) is 1.93. The first-order chi connectivity index (χ1) is 5.89. The predicted molar refractivity (Wildman–Crippen MR) is 46.9 cm³/mol. The molecule has 0 spiro atoms. The van der Waals surface area contributed by atoms with Crippen molar-refractivity contribution in [2.45, 2.75) is 11.7 Å². The monoisotopic (exact) mass is 253 g/mol. The number of nitrogens with two attached hydrogens (primary N) is 1. The van der Waals surface area contributed by atoms with Gasteiger partial charge < -0.3 is 15.5 Å². The van der Waals surface area contributed by atoms with E-state index in [1.54, 1.807) is 0 Å². The largest absolute Gasteiger partial charge is 0.330 e. The fourth-order valence-corrected chi connectivity index (χ4v) is 1.95. The summed E-state index contributed by atoms with van der Waals surface area (Å²) in [6.07, 6.45) is -0.178. The quantitative estimate of drug-likeness (QED) is 0.347. The Balaban J connectivity index is 4.32. The highest BCUT2D eigenvalue weighted by Crippen LogP contribution is 2.39. The van der Waals surface area contributed by atoms with Gasteiger partial charge in [0.2, 0.25) is 0 Å². The third-order valence-corrected chi connectivity index (χ3v) is 2.53. The first-order valence-corrected chi connectivity index (χ1v) is 6.03. The number of hydrogen-bond donors (Lipinski definition) is 3. The van der Waals surface area contributed by atoms with E-state index in [0.29, 0.717) is 0 Å². The van der Waals surface area contributed by atoms with Gasteiger partial charge in [0.05, 0.1) is 0 Å². The molecule has 0 fully saturated rings. The molecule has 2 atom stereocenters. The van der Waals surface area contributed by atoms with E-state index in [1.807, 2.05) is 0 Å². The van der Waals surface area contributed by atoms with Crippen molar-refractivity contribution in [1.82, 2.24) is 0 Å². The minimum Gasteiger partial charge on any atom is -0.330 e. The second-order valence-corrected chi connectivity index (χ2v) is 3.98. The molecule has 80 valence electrons. The van der Waals surface area contributed by atoms with Crippen LogP contribution in [0.2, 0.25) is 0 Å². The molecule has 0 aromatic heterocycles. The SMILES string of the molecule is NCCC(Cl)(O[PH](=O)O)O[PH](=O)O. The summed E-state index contributed by atoms with van der Waals surface area (Å²) in [5.41, 5.74) is 5.08. The Morgan fingerprint density at radius 3 is 1.92 bits per heavy atom. The van der Waals surface area contributed by atoms with Crippen molar-refractivity contribution in [1.29, 1.82) is 0 Å². The highest BCUT2D eigenvalue weighted by Gasteiger charge is 2.32. The maximum Gasteiger partial charge on any atom is 0.320 e. The van der Waals surface area contributed by atoms with Crippen LogP contribution in [0.15, 0.2) is 0 Å². The molecule has 0 aliphatic heterocycles. The smallest absolute Gasteiger partial charge is 0.320 e. The number of hydrogen-bond acceptors (Lipinski definition) is 5. The molecule has 7 nitrogen and oxygen atoms in total. The Morgan fingerprint density at radius 1 is 1.31 bits per heavy atom. The lowest BCUT2D eigenvalue weighted by Crippen LogP contribution is -2.27. The number of halogens is 1. The molecule has 0 aliphatic rings. The topological polar surface area (TPSA) is 119 Å². The van der Waals surface area contributed by atoms with E-state index in [-0.39, 0.29) is 13.0 Å². The molecule has 0 aromatic carbocycles. The molecule has 0 rings (SSSR count). The Labute approximate surface area is 80.7 Å². The summed E-state index contributed by atoms with van der Waals surface area (Å²) < 4.78 is 29.0. The molecule has 0 saturated carbocycles. The van der Waals surface area contributed by atoms with Crippen molar-refractivity contribution in [2.24, 2.45) is 5.73 Å². The van der Waals surface area contributed by atoms with Crippen molar-refractivity contribution >= 4 is 28.1 Å². The molecule has 0 bridgehead atoms. The van der Waals surface area contributed by atoms with Crippen LogP contribution in [0.25, 0.3) is 0 Å². The van der Waals surface area contributed by atoms with Crippen LogP contribution in [-0.2, 0) is 18.2 Å². The van der Waals surface area contributed by atoms with Crippen LogP contribution < -0.4 is 5.73 Å². The number of rotatable bonds is 6. The normalized spacial score (nSPS) is 20.6. The molecule has 0 radical (unpaired) electrons. The Bertz CT molecular complexity index is 196. The van der Waals surface area contributed by atoms with Crippen molar-refractivity contribution in [3.8, 4) is 0 Å². The highest BCUT2D eigenvalue weighted by atomic mass is 35.5. The van der Waals surface area contributed by atoms with E-state index >= 15 is 0 Å². The lowest BCUT2D eigenvalue weighted by atomic mass is 10.4. The molecule has 2 unspecified atom stereocenters. The molecule has 4 N–H and O–H groups in total. The zero-order valence-corrected chi connectivity index (χ0v) is 9.15. The summed E-state index contributed by atoms with van der Waals surface area (Å²) in [5.74, 6) is 0. The summed E-state index contributed by atoms with van der Waals surface area (Å²) in [6, 6.07) is 0. The maximum absolute atomic E-state index is 10.3. The van der Waals surface area contributed by atoms with E-state index in [9.17, 15) is 9.13 Å². The van der Waals surface area contributed by atoms with Gasteiger partial charge in [0, 0.05) is 6.42 Å². The van der Waals surface area contributed by atoms with E-state index in [4.69, 9.17) is 27.1 Å². The third-order valence-electron chi connectivity index (χ3n) is 0.922. The van der Waals surface area contributed by atoms with Crippen molar-refractivity contribution < 1.29 is 28.0 Å². The Kier molecular flexibility index (Phi) is 6.37. The van der Waals surface area contributed by atoms with Crippen LogP contribution in [-0.4, -0.2) is 21.6 Å².